The van der Waals surface area contributed by atoms with Crippen LogP contribution in [0.4, 0.5) is 0 Å². The molecule has 2 heterocycles. The number of thiophene rings is 1. The van der Waals surface area contributed by atoms with Crippen molar-refractivity contribution < 1.29 is 0 Å². The summed E-state index contributed by atoms with van der Waals surface area (Å²) in [6, 6.07) is 2.93. The molecule has 0 radical (unpaired) electrons. The minimum atomic E-state index is 0.439. The number of nitrogens with zero attached hydrogens (tertiary/aromatic N) is 1. The Bertz CT molecular complexity index is 389. The summed E-state index contributed by atoms with van der Waals surface area (Å²) < 4.78 is 0. The monoisotopic (exact) mass is 292 g/mol. The molecule has 0 bridgehead atoms. The quantitative estimate of drug-likeness (QED) is 0.860. The molecule has 1 N–H and O–H groups in total. The molecule has 1 saturated carbocycles. The van der Waals surface area contributed by atoms with Gasteiger partial charge < -0.3 is 5.32 Å². The summed E-state index contributed by atoms with van der Waals surface area (Å²) in [6.45, 7) is 5.99. The Morgan fingerprint density at radius 3 is 2.60 bits per heavy atom. The second-order valence-corrected chi connectivity index (χ2v) is 7.23. The molecule has 0 amide bonds. The van der Waals surface area contributed by atoms with Gasteiger partial charge in [-0.2, -0.15) is 11.3 Å². The van der Waals surface area contributed by atoms with Crippen molar-refractivity contribution in [1.82, 2.24) is 10.2 Å². The first-order valence-electron chi connectivity index (χ1n) is 8.35. The van der Waals surface area contributed by atoms with Crippen molar-refractivity contribution in [3.63, 3.8) is 0 Å². The highest BCUT2D eigenvalue weighted by atomic mass is 32.1. The third-order valence-corrected chi connectivity index (χ3v) is 6.06. The van der Waals surface area contributed by atoms with Crippen molar-refractivity contribution in [3.8, 4) is 0 Å². The second kappa shape index (κ2) is 6.59. The van der Waals surface area contributed by atoms with Crippen LogP contribution >= 0.6 is 11.3 Å². The standard InChI is InChI=1S/C17H28N2S/c1-2-18-16(13-15-7-12-20-14-15)17(8-3-4-9-17)19-10-5-6-11-19/h7,12,14,16,18H,2-6,8-11,13H2,1H3. The molecule has 1 aliphatic heterocycles. The first-order chi connectivity index (χ1) is 9.85. The predicted molar refractivity (Wildman–Crippen MR) is 87.5 cm³/mol. The summed E-state index contributed by atoms with van der Waals surface area (Å²) in [6.07, 6.45) is 9.64. The molecule has 1 atom stereocenters. The fourth-order valence-electron chi connectivity index (χ4n) is 4.38. The van der Waals surface area contributed by atoms with Gasteiger partial charge in [-0.05, 0) is 74.1 Å². The lowest BCUT2D eigenvalue weighted by Crippen LogP contribution is -2.60. The van der Waals surface area contributed by atoms with Crippen molar-refractivity contribution in [2.45, 2.75) is 63.5 Å². The average molecular weight is 292 g/mol. The lowest BCUT2D eigenvalue weighted by Gasteiger charge is -2.45. The SMILES string of the molecule is CCNC(Cc1ccsc1)C1(N2CCCC2)CCCC1. The van der Waals surface area contributed by atoms with E-state index in [0.717, 1.165) is 6.54 Å². The first kappa shape index (κ1) is 14.6. The van der Waals surface area contributed by atoms with E-state index in [0.29, 0.717) is 11.6 Å². The molecule has 20 heavy (non-hydrogen) atoms. The number of hydrogen-bond donors (Lipinski definition) is 1. The molecular weight excluding hydrogens is 264 g/mol. The molecule has 0 aromatic carbocycles. The third kappa shape index (κ3) is 2.81. The van der Waals surface area contributed by atoms with Crippen LogP contribution < -0.4 is 5.32 Å². The highest BCUT2D eigenvalue weighted by Crippen LogP contribution is 2.41. The Kier molecular flexibility index (Phi) is 4.79. The summed E-state index contributed by atoms with van der Waals surface area (Å²) >= 11 is 1.83. The smallest absolute Gasteiger partial charge is 0.0365 e. The Labute approximate surface area is 127 Å². The van der Waals surface area contributed by atoms with Crippen molar-refractivity contribution in [3.05, 3.63) is 22.4 Å². The highest BCUT2D eigenvalue weighted by molar-refractivity contribution is 7.07. The number of likely N-dealkylation sites (tertiary alicyclic amines) is 1. The van der Waals surface area contributed by atoms with Gasteiger partial charge in [-0.25, -0.2) is 0 Å². The van der Waals surface area contributed by atoms with E-state index in [2.05, 4.69) is 34.0 Å². The van der Waals surface area contributed by atoms with Gasteiger partial charge in [-0.15, -0.1) is 0 Å². The van der Waals surface area contributed by atoms with Crippen molar-refractivity contribution in [2.75, 3.05) is 19.6 Å². The van der Waals surface area contributed by atoms with Crippen LogP contribution in [0.25, 0.3) is 0 Å². The zero-order valence-corrected chi connectivity index (χ0v) is 13.6. The maximum atomic E-state index is 3.84. The van der Waals surface area contributed by atoms with Crippen LogP contribution in [0, 0.1) is 0 Å². The Morgan fingerprint density at radius 1 is 1.25 bits per heavy atom. The molecule has 0 spiro atoms. The highest BCUT2D eigenvalue weighted by Gasteiger charge is 2.46. The van der Waals surface area contributed by atoms with E-state index in [9.17, 15) is 0 Å². The van der Waals surface area contributed by atoms with Gasteiger partial charge in [0.05, 0.1) is 0 Å². The van der Waals surface area contributed by atoms with E-state index in [1.807, 2.05) is 11.3 Å². The summed E-state index contributed by atoms with van der Waals surface area (Å²) in [5.74, 6) is 0. The molecule has 112 valence electrons. The Balaban J connectivity index is 1.81. The molecule has 1 saturated heterocycles. The average Bonchev–Trinajstić information content (AvgIpc) is 3.20. The minimum Gasteiger partial charge on any atom is -0.312 e. The van der Waals surface area contributed by atoms with Gasteiger partial charge in [0.25, 0.3) is 0 Å². The van der Waals surface area contributed by atoms with Gasteiger partial charge in [0.2, 0.25) is 0 Å². The third-order valence-electron chi connectivity index (χ3n) is 5.32. The molecule has 1 aromatic heterocycles. The van der Waals surface area contributed by atoms with Crippen LogP contribution in [0.1, 0.15) is 51.0 Å². The zero-order valence-electron chi connectivity index (χ0n) is 12.7. The predicted octanol–water partition coefficient (Wildman–Crippen LogP) is 3.68. The topological polar surface area (TPSA) is 15.3 Å². The van der Waals surface area contributed by atoms with E-state index in [4.69, 9.17) is 0 Å². The molecular formula is C17H28N2S. The number of rotatable bonds is 6. The summed E-state index contributed by atoms with van der Waals surface area (Å²) in [5.41, 5.74) is 1.96. The van der Waals surface area contributed by atoms with Crippen molar-refractivity contribution in [1.29, 1.82) is 0 Å². The molecule has 2 aliphatic rings. The summed E-state index contributed by atoms with van der Waals surface area (Å²) in [4.78, 5) is 2.83. The van der Waals surface area contributed by atoms with Gasteiger partial charge in [-0.3, -0.25) is 4.90 Å². The maximum absolute atomic E-state index is 3.84. The van der Waals surface area contributed by atoms with E-state index < -0.39 is 0 Å². The number of likely N-dealkylation sites (N-methyl/N-ethyl adjacent to an activating group) is 1. The van der Waals surface area contributed by atoms with Gasteiger partial charge in [0.15, 0.2) is 0 Å². The first-order valence-corrected chi connectivity index (χ1v) is 9.29. The van der Waals surface area contributed by atoms with Gasteiger partial charge >= 0.3 is 0 Å². The van der Waals surface area contributed by atoms with E-state index in [1.165, 1.54) is 63.6 Å². The number of nitrogens with one attached hydrogen (secondary N) is 1. The van der Waals surface area contributed by atoms with E-state index in [-0.39, 0.29) is 0 Å². The van der Waals surface area contributed by atoms with Gasteiger partial charge in [-0.1, -0.05) is 19.8 Å². The fourth-order valence-corrected chi connectivity index (χ4v) is 5.06. The van der Waals surface area contributed by atoms with Crippen molar-refractivity contribution in [2.24, 2.45) is 0 Å². The minimum absolute atomic E-state index is 0.439. The van der Waals surface area contributed by atoms with Crippen molar-refractivity contribution >= 4 is 11.3 Å². The second-order valence-electron chi connectivity index (χ2n) is 6.45. The summed E-state index contributed by atoms with van der Waals surface area (Å²) in [7, 11) is 0. The van der Waals surface area contributed by atoms with Crippen LogP contribution in [0.5, 0.6) is 0 Å². The fraction of sp³-hybridized carbons (Fsp3) is 0.765. The largest absolute Gasteiger partial charge is 0.312 e. The van der Waals surface area contributed by atoms with Gasteiger partial charge in [0, 0.05) is 11.6 Å². The van der Waals surface area contributed by atoms with E-state index in [1.54, 1.807) is 0 Å². The normalized spacial score (nSPS) is 24.2. The number of hydrogen-bond acceptors (Lipinski definition) is 3. The lowest BCUT2D eigenvalue weighted by molar-refractivity contribution is 0.0773. The molecule has 1 unspecified atom stereocenters. The lowest BCUT2D eigenvalue weighted by atomic mass is 9.83. The molecule has 2 fully saturated rings. The Morgan fingerprint density at radius 2 is 2.00 bits per heavy atom. The van der Waals surface area contributed by atoms with Gasteiger partial charge in [0.1, 0.15) is 0 Å². The molecule has 3 heteroatoms. The summed E-state index contributed by atoms with van der Waals surface area (Å²) in [5, 5.41) is 8.39. The van der Waals surface area contributed by atoms with Crippen LogP contribution in [0.2, 0.25) is 0 Å². The van der Waals surface area contributed by atoms with E-state index >= 15 is 0 Å². The van der Waals surface area contributed by atoms with Crippen LogP contribution in [0.3, 0.4) is 0 Å². The Hall–Kier alpha value is -0.380. The molecule has 3 rings (SSSR count). The van der Waals surface area contributed by atoms with Crippen LogP contribution in [-0.4, -0.2) is 36.1 Å². The van der Waals surface area contributed by atoms with Crippen LogP contribution in [0.15, 0.2) is 16.8 Å². The maximum Gasteiger partial charge on any atom is 0.0365 e. The molecule has 2 nitrogen and oxygen atoms in total. The molecule has 1 aromatic rings. The molecule has 1 aliphatic carbocycles. The zero-order chi connectivity index (χ0) is 13.8. The van der Waals surface area contributed by atoms with Crippen LogP contribution in [-0.2, 0) is 6.42 Å².